The van der Waals surface area contributed by atoms with E-state index in [0.29, 0.717) is 0 Å². The van der Waals surface area contributed by atoms with Crippen LogP contribution in [0.15, 0.2) is 42.6 Å². The lowest BCUT2D eigenvalue weighted by atomic mass is 10.1. The van der Waals surface area contributed by atoms with E-state index in [0.717, 1.165) is 29.2 Å². The Morgan fingerprint density at radius 1 is 1.16 bits per heavy atom. The van der Waals surface area contributed by atoms with Crippen molar-refractivity contribution in [2.45, 2.75) is 6.42 Å². The molecule has 0 amide bonds. The second-order valence-corrected chi connectivity index (χ2v) is 4.46. The molecule has 0 atom stereocenters. The van der Waals surface area contributed by atoms with Crippen LogP contribution < -0.4 is 4.74 Å². The molecule has 0 radical (unpaired) electrons. The summed E-state index contributed by atoms with van der Waals surface area (Å²) < 4.78 is 7.20. The van der Waals surface area contributed by atoms with Crippen molar-refractivity contribution in [2.75, 3.05) is 7.11 Å². The van der Waals surface area contributed by atoms with Gasteiger partial charge in [0.25, 0.3) is 0 Å². The van der Waals surface area contributed by atoms with E-state index in [9.17, 15) is 0 Å². The van der Waals surface area contributed by atoms with E-state index in [2.05, 4.69) is 22.1 Å². The van der Waals surface area contributed by atoms with Gasteiger partial charge in [0.05, 0.1) is 7.11 Å². The number of fused-ring (bicyclic) bond motifs is 1. The third-order valence-electron chi connectivity index (χ3n) is 3.24. The Bertz CT molecular complexity index is 701. The van der Waals surface area contributed by atoms with Crippen molar-refractivity contribution in [3.05, 3.63) is 54.0 Å². The minimum atomic E-state index is 0.789. The van der Waals surface area contributed by atoms with Gasteiger partial charge < -0.3 is 9.30 Å². The molecule has 0 unspecified atom stereocenters. The van der Waals surface area contributed by atoms with Crippen molar-refractivity contribution >= 4 is 11.2 Å². The lowest BCUT2D eigenvalue weighted by Crippen LogP contribution is -1.99. The topological polar surface area (TPSA) is 39.9 Å². The molecular weight excluding hydrogens is 238 g/mol. The van der Waals surface area contributed by atoms with Crippen molar-refractivity contribution in [1.29, 1.82) is 0 Å². The molecule has 0 N–H and O–H groups in total. The molecule has 4 nitrogen and oxygen atoms in total. The smallest absolute Gasteiger partial charge is 0.159 e. The molecule has 0 fully saturated rings. The molecule has 0 bridgehead atoms. The van der Waals surface area contributed by atoms with Gasteiger partial charge in [-0.1, -0.05) is 12.1 Å². The van der Waals surface area contributed by atoms with E-state index in [1.807, 2.05) is 35.9 Å². The number of methoxy groups -OCH3 is 1. The van der Waals surface area contributed by atoms with Crippen LogP contribution in [-0.4, -0.2) is 21.6 Å². The Labute approximate surface area is 111 Å². The van der Waals surface area contributed by atoms with Crippen LogP contribution in [-0.2, 0) is 13.5 Å². The summed E-state index contributed by atoms with van der Waals surface area (Å²) in [4.78, 5) is 8.97. The number of aromatic nitrogens is 3. The molecule has 2 heterocycles. The van der Waals surface area contributed by atoms with E-state index < -0.39 is 0 Å². The fourth-order valence-corrected chi connectivity index (χ4v) is 2.15. The van der Waals surface area contributed by atoms with Gasteiger partial charge in [-0.2, -0.15) is 0 Å². The normalized spacial score (nSPS) is 10.8. The minimum absolute atomic E-state index is 0.789. The Morgan fingerprint density at radius 3 is 2.63 bits per heavy atom. The molecule has 3 rings (SSSR count). The summed E-state index contributed by atoms with van der Waals surface area (Å²) in [5.74, 6) is 1.88. The van der Waals surface area contributed by atoms with E-state index >= 15 is 0 Å². The number of rotatable bonds is 3. The fourth-order valence-electron chi connectivity index (χ4n) is 2.15. The highest BCUT2D eigenvalue weighted by atomic mass is 16.5. The summed E-state index contributed by atoms with van der Waals surface area (Å²) in [6.45, 7) is 0. The number of imidazole rings is 1. The first-order valence-corrected chi connectivity index (χ1v) is 6.17. The van der Waals surface area contributed by atoms with Gasteiger partial charge in [-0.3, -0.25) is 0 Å². The number of hydrogen-bond donors (Lipinski definition) is 0. The number of benzene rings is 1. The third kappa shape index (κ3) is 2.17. The summed E-state index contributed by atoms with van der Waals surface area (Å²) >= 11 is 0. The molecule has 0 spiro atoms. The highest BCUT2D eigenvalue weighted by Crippen LogP contribution is 2.17. The lowest BCUT2D eigenvalue weighted by Gasteiger charge is -2.04. The van der Waals surface area contributed by atoms with Crippen molar-refractivity contribution in [2.24, 2.45) is 7.05 Å². The van der Waals surface area contributed by atoms with Crippen LogP contribution in [0.3, 0.4) is 0 Å². The first kappa shape index (κ1) is 11.7. The van der Waals surface area contributed by atoms with Gasteiger partial charge in [-0.25, -0.2) is 9.97 Å². The van der Waals surface area contributed by atoms with Crippen LogP contribution in [0.1, 0.15) is 11.4 Å². The molecular formula is C15H15N3O. The van der Waals surface area contributed by atoms with Gasteiger partial charge in [-0.05, 0) is 29.8 Å². The molecule has 2 aromatic heterocycles. The molecule has 0 aliphatic rings. The zero-order valence-electron chi connectivity index (χ0n) is 11.0. The van der Waals surface area contributed by atoms with E-state index in [4.69, 9.17) is 4.74 Å². The fraction of sp³-hybridized carbons (Fsp3) is 0.200. The average molecular weight is 253 g/mol. The molecule has 0 aliphatic carbocycles. The Hall–Kier alpha value is -2.36. The monoisotopic (exact) mass is 253 g/mol. The summed E-state index contributed by atoms with van der Waals surface area (Å²) in [6, 6.07) is 12.0. The van der Waals surface area contributed by atoms with E-state index in [-0.39, 0.29) is 0 Å². The summed E-state index contributed by atoms with van der Waals surface area (Å²) in [7, 11) is 3.67. The number of hydrogen-bond acceptors (Lipinski definition) is 3. The van der Waals surface area contributed by atoms with Gasteiger partial charge in [0.2, 0.25) is 0 Å². The Kier molecular flexibility index (Phi) is 2.91. The molecule has 19 heavy (non-hydrogen) atoms. The molecule has 0 saturated carbocycles. The standard InChI is InChI=1S/C15H15N3O/c1-18-14(17-13-4-3-9-16-15(13)18)10-11-5-7-12(19-2)8-6-11/h3-9H,10H2,1-2H3. The van der Waals surface area contributed by atoms with Crippen LogP contribution in [0, 0.1) is 0 Å². The predicted molar refractivity (Wildman–Crippen MR) is 74.3 cm³/mol. The largest absolute Gasteiger partial charge is 0.497 e. The maximum Gasteiger partial charge on any atom is 0.159 e. The van der Waals surface area contributed by atoms with Crippen LogP contribution in [0.25, 0.3) is 11.2 Å². The molecule has 96 valence electrons. The van der Waals surface area contributed by atoms with Crippen LogP contribution in [0.4, 0.5) is 0 Å². The van der Waals surface area contributed by atoms with Gasteiger partial charge >= 0.3 is 0 Å². The number of ether oxygens (including phenoxy) is 1. The summed E-state index contributed by atoms with van der Waals surface area (Å²) in [5.41, 5.74) is 3.07. The molecule has 0 saturated heterocycles. The van der Waals surface area contributed by atoms with Crippen molar-refractivity contribution in [3.63, 3.8) is 0 Å². The summed E-state index contributed by atoms with van der Waals surface area (Å²) in [5, 5.41) is 0. The Morgan fingerprint density at radius 2 is 1.95 bits per heavy atom. The zero-order valence-corrected chi connectivity index (χ0v) is 11.0. The maximum absolute atomic E-state index is 5.16. The van der Waals surface area contributed by atoms with Gasteiger partial charge in [0, 0.05) is 19.7 Å². The van der Waals surface area contributed by atoms with Crippen molar-refractivity contribution < 1.29 is 4.74 Å². The Balaban J connectivity index is 1.94. The lowest BCUT2D eigenvalue weighted by molar-refractivity contribution is 0.414. The zero-order chi connectivity index (χ0) is 13.2. The highest BCUT2D eigenvalue weighted by Gasteiger charge is 2.08. The molecule has 4 heteroatoms. The molecule has 0 aliphatic heterocycles. The average Bonchev–Trinajstić information content (AvgIpc) is 2.77. The van der Waals surface area contributed by atoms with Crippen molar-refractivity contribution in [1.82, 2.24) is 14.5 Å². The second-order valence-electron chi connectivity index (χ2n) is 4.46. The number of aryl methyl sites for hydroxylation is 1. The predicted octanol–water partition coefficient (Wildman–Crippen LogP) is 2.57. The van der Waals surface area contributed by atoms with Crippen LogP contribution in [0.5, 0.6) is 5.75 Å². The molecule has 3 aromatic rings. The van der Waals surface area contributed by atoms with Gasteiger partial charge in [0.1, 0.15) is 17.1 Å². The minimum Gasteiger partial charge on any atom is -0.497 e. The molecule has 1 aromatic carbocycles. The first-order chi connectivity index (χ1) is 9.28. The number of nitrogens with zero attached hydrogens (tertiary/aromatic N) is 3. The van der Waals surface area contributed by atoms with Crippen molar-refractivity contribution in [3.8, 4) is 5.75 Å². The first-order valence-electron chi connectivity index (χ1n) is 6.17. The maximum atomic E-state index is 5.16. The summed E-state index contributed by atoms with van der Waals surface area (Å²) in [6.07, 6.45) is 2.58. The van der Waals surface area contributed by atoms with Gasteiger partial charge in [-0.15, -0.1) is 0 Å². The number of pyridine rings is 1. The highest BCUT2D eigenvalue weighted by molar-refractivity contribution is 5.71. The van der Waals surface area contributed by atoms with Crippen LogP contribution >= 0.6 is 0 Å². The van der Waals surface area contributed by atoms with E-state index in [1.54, 1.807) is 13.3 Å². The van der Waals surface area contributed by atoms with Gasteiger partial charge in [0.15, 0.2) is 5.65 Å². The van der Waals surface area contributed by atoms with Crippen LogP contribution in [0.2, 0.25) is 0 Å². The van der Waals surface area contributed by atoms with E-state index in [1.165, 1.54) is 5.56 Å². The second kappa shape index (κ2) is 4.72. The third-order valence-corrected chi connectivity index (χ3v) is 3.24. The quantitative estimate of drug-likeness (QED) is 0.720. The SMILES string of the molecule is COc1ccc(Cc2nc3cccnc3n2C)cc1.